The number of nitrogens with zero attached hydrogens (tertiary/aromatic N) is 2. The van der Waals surface area contributed by atoms with Gasteiger partial charge in [-0.15, -0.1) is 11.3 Å². The smallest absolute Gasteiger partial charge is 0.416 e. The second-order valence-electron chi connectivity index (χ2n) is 7.91. The van der Waals surface area contributed by atoms with Crippen molar-refractivity contribution in [2.45, 2.75) is 26.9 Å². The second-order valence-corrected chi connectivity index (χ2v) is 9.12. The lowest BCUT2D eigenvalue weighted by molar-refractivity contribution is -0.137. The summed E-state index contributed by atoms with van der Waals surface area (Å²) in [6, 6.07) is 10.5. The number of carbonyl (C=O) groups excluding carboxylic acids is 1. The summed E-state index contributed by atoms with van der Waals surface area (Å²) < 4.78 is 45.9. The van der Waals surface area contributed by atoms with E-state index in [-0.39, 0.29) is 23.2 Å². The van der Waals surface area contributed by atoms with Gasteiger partial charge in [0.1, 0.15) is 5.00 Å². The minimum absolute atomic E-state index is 0.112. The van der Waals surface area contributed by atoms with Crippen LogP contribution < -0.4 is 5.56 Å². The van der Waals surface area contributed by atoms with Gasteiger partial charge in [-0.05, 0) is 50.6 Å². The van der Waals surface area contributed by atoms with Crippen molar-refractivity contribution in [2.24, 2.45) is 4.99 Å². The molecule has 2 aromatic heterocycles. The maximum Gasteiger partial charge on any atom is 0.416 e. The number of aromatic nitrogens is 1. The number of hydrogen-bond acceptors (Lipinski definition) is 6. The van der Waals surface area contributed by atoms with Gasteiger partial charge in [0.25, 0.3) is 5.56 Å². The highest BCUT2D eigenvalue weighted by Gasteiger charge is 2.31. The third kappa shape index (κ3) is 4.51. The summed E-state index contributed by atoms with van der Waals surface area (Å²) in [5, 5.41) is 12.0. The summed E-state index contributed by atoms with van der Waals surface area (Å²) in [7, 11) is 0. The minimum atomic E-state index is -4.63. The molecule has 4 aromatic rings. The molecule has 186 valence electrons. The molecule has 6 nitrogen and oxygen atoms in total. The Kier molecular flexibility index (Phi) is 6.73. The van der Waals surface area contributed by atoms with E-state index < -0.39 is 29.1 Å². The van der Waals surface area contributed by atoms with Gasteiger partial charge in [0.15, 0.2) is 0 Å². The monoisotopic (exact) mass is 514 g/mol. The van der Waals surface area contributed by atoms with Gasteiger partial charge >= 0.3 is 12.1 Å². The molecule has 10 heteroatoms. The first-order chi connectivity index (χ1) is 17.0. The normalized spacial score (nSPS) is 11.9. The van der Waals surface area contributed by atoms with E-state index in [1.165, 1.54) is 29.7 Å². The number of fused-ring (bicyclic) bond motifs is 1. The van der Waals surface area contributed by atoms with Crippen LogP contribution in [0.1, 0.15) is 38.8 Å². The van der Waals surface area contributed by atoms with Crippen LogP contribution >= 0.6 is 11.3 Å². The molecule has 0 atom stereocenters. The third-order valence-corrected chi connectivity index (χ3v) is 6.81. The average Bonchev–Trinajstić information content (AvgIpc) is 3.12. The Bertz CT molecular complexity index is 1570. The van der Waals surface area contributed by atoms with E-state index >= 15 is 0 Å². The van der Waals surface area contributed by atoms with Crippen LogP contribution in [0, 0.1) is 13.8 Å². The molecule has 0 aliphatic heterocycles. The quantitative estimate of drug-likeness (QED) is 0.250. The minimum Gasteiger partial charge on any atom is -0.494 e. The van der Waals surface area contributed by atoms with Crippen LogP contribution in [-0.2, 0) is 10.9 Å². The summed E-state index contributed by atoms with van der Waals surface area (Å²) in [5.74, 6) is -1.11. The first kappa shape index (κ1) is 25.2. The van der Waals surface area contributed by atoms with E-state index in [1.807, 2.05) is 6.92 Å². The van der Waals surface area contributed by atoms with E-state index in [0.717, 1.165) is 27.6 Å². The highest BCUT2D eigenvalue weighted by atomic mass is 32.1. The molecule has 0 aliphatic rings. The largest absolute Gasteiger partial charge is 0.494 e. The fraction of sp³-hybridized carbons (Fsp3) is 0.192. The molecule has 4 rings (SSSR count). The van der Waals surface area contributed by atoms with Crippen LogP contribution in [0.25, 0.3) is 16.5 Å². The number of thiophene rings is 1. The molecule has 0 amide bonds. The van der Waals surface area contributed by atoms with E-state index in [1.54, 1.807) is 32.0 Å². The number of halogens is 3. The molecule has 2 heterocycles. The zero-order valence-electron chi connectivity index (χ0n) is 19.5. The zero-order valence-corrected chi connectivity index (χ0v) is 20.3. The van der Waals surface area contributed by atoms with Gasteiger partial charge < -0.3 is 9.84 Å². The number of pyridine rings is 1. The van der Waals surface area contributed by atoms with Gasteiger partial charge in [0.05, 0.1) is 29.0 Å². The lowest BCUT2D eigenvalue weighted by Gasteiger charge is -2.15. The van der Waals surface area contributed by atoms with Crippen LogP contribution in [0.5, 0.6) is 5.88 Å². The number of hydrogen-bond donors (Lipinski definition) is 1. The van der Waals surface area contributed by atoms with Crippen LogP contribution in [0.3, 0.4) is 0 Å². The van der Waals surface area contributed by atoms with Crippen molar-refractivity contribution in [3.05, 3.63) is 86.0 Å². The van der Waals surface area contributed by atoms with Gasteiger partial charge in [0.2, 0.25) is 5.88 Å². The molecule has 0 spiro atoms. The van der Waals surface area contributed by atoms with Crippen LogP contribution in [0.4, 0.5) is 18.2 Å². The molecule has 0 saturated heterocycles. The highest BCUT2D eigenvalue weighted by molar-refractivity contribution is 7.16. The summed E-state index contributed by atoms with van der Waals surface area (Å²) >= 11 is 1.26. The Morgan fingerprint density at radius 1 is 1.14 bits per heavy atom. The van der Waals surface area contributed by atoms with Crippen LogP contribution in [0.15, 0.2) is 58.3 Å². The molecule has 1 N–H and O–H groups in total. The van der Waals surface area contributed by atoms with Crippen molar-refractivity contribution in [1.29, 1.82) is 0 Å². The van der Waals surface area contributed by atoms with E-state index in [2.05, 4.69) is 4.99 Å². The molecule has 0 radical (unpaired) electrons. The molecule has 0 unspecified atom stereocenters. The fourth-order valence-electron chi connectivity index (χ4n) is 3.82. The molecule has 0 saturated carbocycles. The number of carbonyl (C=O) groups is 1. The Morgan fingerprint density at radius 2 is 1.83 bits per heavy atom. The topological polar surface area (TPSA) is 80.9 Å². The Balaban J connectivity index is 1.95. The maximum absolute atomic E-state index is 13.3. The predicted octanol–water partition coefficient (Wildman–Crippen LogP) is 6.32. The summed E-state index contributed by atoms with van der Waals surface area (Å²) in [6.07, 6.45) is -3.33. The number of ether oxygens (including phenoxy) is 1. The second kappa shape index (κ2) is 9.62. The van der Waals surface area contributed by atoms with Gasteiger partial charge in [0, 0.05) is 21.9 Å². The lowest BCUT2D eigenvalue weighted by atomic mass is 10.1. The maximum atomic E-state index is 13.3. The number of esters is 1. The van der Waals surface area contributed by atoms with Gasteiger partial charge in [-0.1, -0.05) is 24.3 Å². The molecule has 2 aromatic carbocycles. The van der Waals surface area contributed by atoms with Crippen molar-refractivity contribution in [3.63, 3.8) is 0 Å². The van der Waals surface area contributed by atoms with Gasteiger partial charge in [-0.25, -0.2) is 14.4 Å². The standard InChI is InChI=1S/C26H21F3N2O4S/c1-4-35-25(34)21-14(2)15(3)36-22(21)30-13-20-18-10-5-6-11-19(18)23(32)31(24(20)33)17-9-7-8-16(12-17)26(27,28)29/h5-13,33H,4H2,1-3H3. The number of aliphatic imine (C=N–C) groups is 1. The Labute approximate surface area is 207 Å². The van der Waals surface area contributed by atoms with E-state index in [4.69, 9.17) is 4.74 Å². The molecule has 0 bridgehead atoms. The summed E-state index contributed by atoms with van der Waals surface area (Å²) in [4.78, 5) is 31.0. The van der Waals surface area contributed by atoms with E-state index in [0.29, 0.717) is 21.5 Å². The SMILES string of the molecule is CCOC(=O)c1c(N=Cc2c(O)n(-c3cccc(C(F)(F)F)c3)c(=O)c3ccccc23)sc(C)c1C. The number of aromatic hydroxyl groups is 1. The van der Waals surface area contributed by atoms with Crippen LogP contribution in [-0.4, -0.2) is 28.5 Å². The summed E-state index contributed by atoms with van der Waals surface area (Å²) in [5.41, 5.74) is -0.670. The fourth-order valence-corrected chi connectivity index (χ4v) is 4.81. The van der Waals surface area contributed by atoms with Crippen molar-refractivity contribution in [3.8, 4) is 11.6 Å². The molecule has 0 aliphatic carbocycles. The molecular formula is C26H21F3N2O4S. The van der Waals surface area contributed by atoms with Gasteiger partial charge in [-0.3, -0.25) is 4.79 Å². The van der Waals surface area contributed by atoms with Gasteiger partial charge in [-0.2, -0.15) is 13.2 Å². The van der Waals surface area contributed by atoms with Crippen molar-refractivity contribution >= 4 is 39.3 Å². The predicted molar refractivity (Wildman–Crippen MR) is 133 cm³/mol. The first-order valence-corrected chi connectivity index (χ1v) is 11.7. The van der Waals surface area contributed by atoms with Crippen molar-refractivity contribution in [2.75, 3.05) is 6.61 Å². The highest BCUT2D eigenvalue weighted by Crippen LogP contribution is 2.36. The Morgan fingerprint density at radius 3 is 2.50 bits per heavy atom. The molecule has 36 heavy (non-hydrogen) atoms. The number of alkyl halides is 3. The number of rotatable bonds is 5. The summed E-state index contributed by atoms with van der Waals surface area (Å²) in [6.45, 7) is 5.49. The third-order valence-electron chi connectivity index (χ3n) is 5.69. The first-order valence-electron chi connectivity index (χ1n) is 10.9. The number of benzene rings is 2. The van der Waals surface area contributed by atoms with Crippen LogP contribution in [0.2, 0.25) is 0 Å². The molecular weight excluding hydrogens is 493 g/mol. The van der Waals surface area contributed by atoms with Crippen molar-refractivity contribution < 1.29 is 27.8 Å². The van der Waals surface area contributed by atoms with Crippen molar-refractivity contribution in [1.82, 2.24) is 4.57 Å². The van der Waals surface area contributed by atoms with E-state index in [9.17, 15) is 27.9 Å². The number of aryl methyl sites for hydroxylation is 1. The lowest BCUT2D eigenvalue weighted by Crippen LogP contribution is -2.20. The average molecular weight is 515 g/mol. The zero-order chi connectivity index (χ0) is 26.2. The Hall–Kier alpha value is -3.92. The molecule has 0 fully saturated rings.